The Hall–Kier alpha value is -2.75. The molecule has 29 heavy (non-hydrogen) atoms. The Labute approximate surface area is 166 Å². The second kappa shape index (κ2) is 8.73. The molecule has 1 heterocycles. The molecule has 8 nitrogen and oxygen atoms in total. The smallest absolute Gasteiger partial charge is 0.278 e. The molecule has 1 amide bonds. The van der Waals surface area contributed by atoms with Gasteiger partial charge in [-0.1, -0.05) is 6.07 Å². The number of hydrogen-bond donors (Lipinski definition) is 4. The molecule has 4 N–H and O–H groups in total. The molecule has 1 unspecified atom stereocenters. The van der Waals surface area contributed by atoms with Crippen LogP contribution in [0.2, 0.25) is 0 Å². The van der Waals surface area contributed by atoms with Crippen molar-refractivity contribution >= 4 is 17.4 Å². The van der Waals surface area contributed by atoms with Crippen LogP contribution in [0.1, 0.15) is 33.5 Å². The van der Waals surface area contributed by atoms with Crippen LogP contribution in [0, 0.1) is 12.7 Å². The SMILES string of the molecule is Cc1ccc(Nc2c(C(=O)NOCC(O)CO)c3c(c(=O)n2C)CCC3)c(F)c1. The third-order valence-corrected chi connectivity index (χ3v) is 4.91. The van der Waals surface area contributed by atoms with Gasteiger partial charge < -0.3 is 15.5 Å². The van der Waals surface area contributed by atoms with Gasteiger partial charge in [-0.25, -0.2) is 9.87 Å². The third-order valence-electron chi connectivity index (χ3n) is 4.91. The lowest BCUT2D eigenvalue weighted by atomic mass is 10.0. The van der Waals surface area contributed by atoms with Crippen molar-refractivity contribution in [2.75, 3.05) is 18.5 Å². The number of aromatic nitrogens is 1. The van der Waals surface area contributed by atoms with E-state index in [4.69, 9.17) is 9.94 Å². The number of carbonyl (C=O) groups is 1. The van der Waals surface area contributed by atoms with E-state index in [9.17, 15) is 19.1 Å². The van der Waals surface area contributed by atoms with Crippen LogP contribution >= 0.6 is 0 Å². The van der Waals surface area contributed by atoms with Crippen LogP contribution in [0.3, 0.4) is 0 Å². The summed E-state index contributed by atoms with van der Waals surface area (Å²) in [6, 6.07) is 4.61. The first-order valence-corrected chi connectivity index (χ1v) is 9.32. The molecule has 9 heteroatoms. The van der Waals surface area contributed by atoms with E-state index >= 15 is 0 Å². The summed E-state index contributed by atoms with van der Waals surface area (Å²) < 4.78 is 15.7. The van der Waals surface area contributed by atoms with Gasteiger partial charge in [0.05, 0.1) is 17.9 Å². The molecule has 3 rings (SSSR count). The molecule has 1 aromatic heterocycles. The molecular formula is C20H24FN3O5. The number of halogens is 1. The van der Waals surface area contributed by atoms with Crippen LogP contribution in [-0.2, 0) is 24.7 Å². The quantitative estimate of drug-likeness (QED) is 0.513. The number of hydroxylamine groups is 1. The van der Waals surface area contributed by atoms with Gasteiger partial charge in [0.1, 0.15) is 24.3 Å². The first kappa shape index (κ1) is 21.0. The molecule has 0 saturated heterocycles. The first-order chi connectivity index (χ1) is 13.8. The number of aryl methyl sites for hydroxylation is 1. The highest BCUT2D eigenvalue weighted by Crippen LogP contribution is 2.30. The third kappa shape index (κ3) is 4.31. The first-order valence-electron chi connectivity index (χ1n) is 9.32. The number of amides is 1. The number of nitrogens with one attached hydrogen (secondary N) is 2. The maximum atomic E-state index is 14.4. The average molecular weight is 405 g/mol. The minimum atomic E-state index is -1.14. The summed E-state index contributed by atoms with van der Waals surface area (Å²) >= 11 is 0. The Balaban J connectivity index is 2.01. The molecule has 156 valence electrons. The maximum absolute atomic E-state index is 14.4. The van der Waals surface area contributed by atoms with Crippen molar-refractivity contribution in [1.29, 1.82) is 0 Å². The highest BCUT2D eigenvalue weighted by atomic mass is 19.1. The van der Waals surface area contributed by atoms with Gasteiger partial charge in [0.25, 0.3) is 11.5 Å². The lowest BCUT2D eigenvalue weighted by Gasteiger charge is -2.20. The van der Waals surface area contributed by atoms with Gasteiger partial charge in [0.15, 0.2) is 0 Å². The Morgan fingerprint density at radius 3 is 2.76 bits per heavy atom. The zero-order valence-electron chi connectivity index (χ0n) is 16.3. The molecule has 2 aromatic rings. The Kier molecular flexibility index (Phi) is 6.31. The average Bonchev–Trinajstić information content (AvgIpc) is 3.17. The van der Waals surface area contributed by atoms with E-state index in [1.165, 1.54) is 23.7 Å². The number of nitrogens with zero attached hydrogens (tertiary/aromatic N) is 1. The molecule has 0 saturated carbocycles. The number of anilines is 2. The van der Waals surface area contributed by atoms with Crippen molar-refractivity contribution < 1.29 is 24.2 Å². The van der Waals surface area contributed by atoms with E-state index in [1.54, 1.807) is 13.0 Å². The summed E-state index contributed by atoms with van der Waals surface area (Å²) in [5.41, 5.74) is 4.22. The van der Waals surface area contributed by atoms with E-state index < -0.39 is 24.4 Å². The molecule has 0 bridgehead atoms. The van der Waals surface area contributed by atoms with Gasteiger partial charge in [-0.15, -0.1) is 0 Å². The van der Waals surface area contributed by atoms with Crippen molar-refractivity contribution in [2.24, 2.45) is 7.05 Å². The minimum Gasteiger partial charge on any atom is -0.394 e. The normalized spacial score (nSPS) is 13.8. The van der Waals surface area contributed by atoms with E-state index in [-0.39, 0.29) is 29.2 Å². The fourth-order valence-corrected chi connectivity index (χ4v) is 3.42. The van der Waals surface area contributed by atoms with Gasteiger partial charge in [-0.3, -0.25) is 19.0 Å². The van der Waals surface area contributed by atoms with Crippen molar-refractivity contribution in [3.8, 4) is 0 Å². The van der Waals surface area contributed by atoms with E-state index in [2.05, 4.69) is 10.8 Å². The molecule has 0 radical (unpaired) electrons. The number of hydrogen-bond acceptors (Lipinski definition) is 6. The number of benzene rings is 1. The summed E-state index contributed by atoms with van der Waals surface area (Å²) in [5, 5.41) is 21.1. The van der Waals surface area contributed by atoms with Gasteiger partial charge >= 0.3 is 0 Å². The van der Waals surface area contributed by atoms with Crippen LogP contribution in [-0.4, -0.2) is 40.0 Å². The van der Waals surface area contributed by atoms with E-state index in [0.717, 1.165) is 12.0 Å². The highest BCUT2D eigenvalue weighted by molar-refractivity contribution is 6.01. The summed E-state index contributed by atoms with van der Waals surface area (Å²) in [5.74, 6) is -0.979. The van der Waals surface area contributed by atoms with Crippen LogP contribution in [0.25, 0.3) is 0 Å². The summed E-state index contributed by atoms with van der Waals surface area (Å²) in [4.78, 5) is 30.6. The van der Waals surface area contributed by atoms with E-state index in [0.29, 0.717) is 24.0 Å². The predicted octanol–water partition coefficient (Wildman–Crippen LogP) is 1.08. The minimum absolute atomic E-state index is 0.134. The van der Waals surface area contributed by atoms with Crippen molar-refractivity contribution in [3.63, 3.8) is 0 Å². The van der Waals surface area contributed by atoms with Gasteiger partial charge in [-0.2, -0.15) is 0 Å². The van der Waals surface area contributed by atoms with Crippen LogP contribution in [0.4, 0.5) is 15.9 Å². The van der Waals surface area contributed by atoms with Crippen molar-refractivity contribution in [3.05, 3.63) is 56.6 Å². The second-order valence-corrected chi connectivity index (χ2v) is 7.09. The highest BCUT2D eigenvalue weighted by Gasteiger charge is 2.28. The number of pyridine rings is 1. The summed E-state index contributed by atoms with van der Waals surface area (Å²) in [6.07, 6.45) is 0.696. The molecule has 1 aromatic carbocycles. The molecular weight excluding hydrogens is 381 g/mol. The Morgan fingerprint density at radius 2 is 2.07 bits per heavy atom. The predicted molar refractivity (Wildman–Crippen MR) is 105 cm³/mol. The molecule has 1 atom stereocenters. The maximum Gasteiger partial charge on any atom is 0.278 e. The number of rotatable bonds is 7. The van der Waals surface area contributed by atoms with Crippen LogP contribution < -0.4 is 16.4 Å². The monoisotopic (exact) mass is 405 g/mol. The van der Waals surface area contributed by atoms with Gasteiger partial charge in [0, 0.05) is 12.6 Å². The second-order valence-electron chi connectivity index (χ2n) is 7.09. The Bertz CT molecular complexity index is 989. The lowest BCUT2D eigenvalue weighted by molar-refractivity contribution is -0.0295. The fourth-order valence-electron chi connectivity index (χ4n) is 3.42. The summed E-state index contributed by atoms with van der Waals surface area (Å²) in [7, 11) is 1.52. The van der Waals surface area contributed by atoms with Crippen LogP contribution in [0.5, 0.6) is 0 Å². The molecule has 1 aliphatic rings. The molecule has 0 aliphatic heterocycles. The van der Waals surface area contributed by atoms with Gasteiger partial charge in [0.2, 0.25) is 0 Å². The standard InChI is InChI=1S/C20H24FN3O5/c1-11-6-7-16(15(21)8-11)22-18-17(19(27)23-29-10-12(26)9-25)13-4-3-5-14(13)20(28)24(18)2/h6-8,12,22,25-26H,3-5,9-10H2,1-2H3,(H,23,27). The zero-order valence-corrected chi connectivity index (χ0v) is 16.3. The fraction of sp³-hybridized carbons (Fsp3) is 0.400. The number of aliphatic hydroxyl groups is 2. The van der Waals surface area contributed by atoms with Crippen molar-refractivity contribution in [1.82, 2.24) is 10.0 Å². The zero-order chi connectivity index (χ0) is 21.1. The largest absolute Gasteiger partial charge is 0.394 e. The number of aliphatic hydroxyl groups excluding tert-OH is 2. The lowest BCUT2D eigenvalue weighted by Crippen LogP contribution is -2.33. The van der Waals surface area contributed by atoms with E-state index in [1.807, 2.05) is 0 Å². The molecule has 1 aliphatic carbocycles. The summed E-state index contributed by atoms with van der Waals surface area (Å²) in [6.45, 7) is 0.950. The van der Waals surface area contributed by atoms with Gasteiger partial charge in [-0.05, 0) is 49.4 Å². The molecule has 0 fully saturated rings. The van der Waals surface area contributed by atoms with Crippen LogP contribution in [0.15, 0.2) is 23.0 Å². The molecule has 0 spiro atoms. The number of carbonyl (C=O) groups excluding carboxylic acids is 1. The van der Waals surface area contributed by atoms with Crippen molar-refractivity contribution in [2.45, 2.75) is 32.3 Å². The number of fused-ring (bicyclic) bond motifs is 1. The Morgan fingerprint density at radius 1 is 1.34 bits per heavy atom. The topological polar surface area (TPSA) is 113 Å².